The highest BCUT2D eigenvalue weighted by molar-refractivity contribution is 7.14. The molecule has 6 heteroatoms. The molecule has 0 bridgehead atoms. The lowest BCUT2D eigenvalue weighted by atomic mass is 10.1. The van der Waals surface area contributed by atoms with Gasteiger partial charge in [-0.05, 0) is 43.5 Å². The number of thiazole rings is 1. The molecule has 0 spiro atoms. The Morgan fingerprint density at radius 2 is 2.21 bits per heavy atom. The third kappa shape index (κ3) is 3.66. The van der Waals surface area contributed by atoms with Crippen LogP contribution in [-0.4, -0.2) is 40.1 Å². The molecule has 0 radical (unpaired) electrons. The van der Waals surface area contributed by atoms with Crippen LogP contribution in [0.25, 0.3) is 0 Å². The molecule has 2 aromatic rings. The van der Waals surface area contributed by atoms with E-state index in [4.69, 9.17) is 0 Å². The number of benzene rings is 1. The van der Waals surface area contributed by atoms with E-state index in [9.17, 15) is 9.90 Å². The number of likely N-dealkylation sites (tertiary alicyclic amines) is 1. The smallest absolute Gasteiger partial charge is 0.230 e. The maximum absolute atomic E-state index is 12.2. The van der Waals surface area contributed by atoms with Gasteiger partial charge in [-0.3, -0.25) is 14.6 Å². The quantitative estimate of drug-likeness (QED) is 0.925. The van der Waals surface area contributed by atoms with E-state index in [2.05, 4.69) is 16.8 Å². The van der Waals surface area contributed by atoms with E-state index in [0.717, 1.165) is 29.9 Å². The van der Waals surface area contributed by atoms with Crippen molar-refractivity contribution >= 4 is 28.1 Å². The standard InChI is InChI=1S/C18H23N3O2S/c1-12-4-5-16(8-13(12)2)21(14(3)22)18-19-15(11-24-18)9-20-7-6-17(23)10-20/h4-5,8,11,17,23H,6-7,9-10H2,1-3H3. The zero-order valence-corrected chi connectivity index (χ0v) is 15.1. The number of β-amino-alcohol motifs (C(OH)–C–C–N with tert-alkyl or cyclic N) is 1. The maximum Gasteiger partial charge on any atom is 0.230 e. The van der Waals surface area contributed by atoms with Crippen molar-refractivity contribution in [2.75, 3.05) is 18.0 Å². The SMILES string of the molecule is CC(=O)N(c1ccc(C)c(C)c1)c1nc(CN2CCC(O)C2)cs1. The van der Waals surface area contributed by atoms with Crippen molar-refractivity contribution in [2.45, 2.75) is 39.8 Å². The number of aryl methyl sites for hydroxylation is 2. The Balaban J connectivity index is 1.82. The number of hydrogen-bond donors (Lipinski definition) is 1. The topological polar surface area (TPSA) is 56.7 Å². The molecular formula is C18H23N3O2S. The summed E-state index contributed by atoms with van der Waals surface area (Å²) in [5.74, 6) is -0.0456. The fourth-order valence-corrected chi connectivity index (χ4v) is 3.83. The number of nitrogens with zero attached hydrogens (tertiary/aromatic N) is 3. The van der Waals surface area contributed by atoms with Gasteiger partial charge in [0.1, 0.15) is 0 Å². The van der Waals surface area contributed by atoms with E-state index in [1.165, 1.54) is 16.9 Å². The molecular weight excluding hydrogens is 322 g/mol. The van der Waals surface area contributed by atoms with Gasteiger partial charge in [-0.2, -0.15) is 0 Å². The van der Waals surface area contributed by atoms with Gasteiger partial charge in [0.25, 0.3) is 0 Å². The van der Waals surface area contributed by atoms with Crippen LogP contribution in [0, 0.1) is 13.8 Å². The average Bonchev–Trinajstić information content (AvgIpc) is 3.13. The summed E-state index contributed by atoms with van der Waals surface area (Å²) in [5, 5.41) is 12.3. The molecule has 128 valence electrons. The molecule has 1 saturated heterocycles. The largest absolute Gasteiger partial charge is 0.392 e. The summed E-state index contributed by atoms with van der Waals surface area (Å²) in [5.41, 5.74) is 4.15. The van der Waals surface area contributed by atoms with E-state index in [1.807, 2.05) is 30.5 Å². The van der Waals surface area contributed by atoms with Crippen LogP contribution >= 0.6 is 11.3 Å². The third-order valence-electron chi connectivity index (χ3n) is 4.43. The van der Waals surface area contributed by atoms with Crippen LogP contribution in [0.1, 0.15) is 30.2 Å². The van der Waals surface area contributed by atoms with Crippen molar-refractivity contribution in [3.63, 3.8) is 0 Å². The second-order valence-corrected chi connectivity index (χ2v) is 7.26. The van der Waals surface area contributed by atoms with Gasteiger partial charge < -0.3 is 5.11 Å². The molecule has 5 nitrogen and oxygen atoms in total. The van der Waals surface area contributed by atoms with Crippen molar-refractivity contribution in [1.82, 2.24) is 9.88 Å². The van der Waals surface area contributed by atoms with Gasteiger partial charge >= 0.3 is 0 Å². The minimum absolute atomic E-state index is 0.0456. The summed E-state index contributed by atoms with van der Waals surface area (Å²) < 4.78 is 0. The van der Waals surface area contributed by atoms with E-state index < -0.39 is 0 Å². The van der Waals surface area contributed by atoms with Gasteiger partial charge in [-0.25, -0.2) is 4.98 Å². The zero-order chi connectivity index (χ0) is 17.3. The minimum Gasteiger partial charge on any atom is -0.392 e. The van der Waals surface area contributed by atoms with Gasteiger partial charge in [0, 0.05) is 31.9 Å². The van der Waals surface area contributed by atoms with E-state index >= 15 is 0 Å². The number of rotatable bonds is 4. The molecule has 2 heterocycles. The monoisotopic (exact) mass is 345 g/mol. The fourth-order valence-electron chi connectivity index (χ4n) is 2.95. The van der Waals surface area contributed by atoms with Crippen molar-refractivity contribution in [1.29, 1.82) is 0 Å². The molecule has 1 aromatic heterocycles. The van der Waals surface area contributed by atoms with Crippen LogP contribution in [-0.2, 0) is 11.3 Å². The summed E-state index contributed by atoms with van der Waals surface area (Å²) in [6, 6.07) is 6.01. The molecule has 3 rings (SSSR count). The van der Waals surface area contributed by atoms with Crippen molar-refractivity contribution in [3.8, 4) is 0 Å². The highest BCUT2D eigenvalue weighted by Gasteiger charge is 2.22. The highest BCUT2D eigenvalue weighted by atomic mass is 32.1. The Labute approximate surface area is 146 Å². The molecule has 0 saturated carbocycles. The van der Waals surface area contributed by atoms with E-state index in [1.54, 1.807) is 11.8 Å². The first-order valence-corrected chi connectivity index (χ1v) is 9.05. The molecule has 24 heavy (non-hydrogen) atoms. The molecule has 1 amide bonds. The summed E-state index contributed by atoms with van der Waals surface area (Å²) in [6.45, 7) is 7.97. The van der Waals surface area contributed by atoms with Crippen LogP contribution in [0.15, 0.2) is 23.6 Å². The number of aliphatic hydroxyl groups excluding tert-OH is 1. The Hall–Kier alpha value is -1.76. The first-order chi connectivity index (χ1) is 11.4. The Morgan fingerprint density at radius 3 is 2.83 bits per heavy atom. The zero-order valence-electron chi connectivity index (χ0n) is 14.3. The van der Waals surface area contributed by atoms with Gasteiger partial charge in [0.05, 0.1) is 17.5 Å². The van der Waals surface area contributed by atoms with Gasteiger partial charge in [0.15, 0.2) is 5.13 Å². The minimum atomic E-state index is -0.229. The molecule has 1 aliphatic rings. The number of amides is 1. The lowest BCUT2D eigenvalue weighted by Gasteiger charge is -2.19. The number of carbonyl (C=O) groups is 1. The Kier molecular flexibility index (Phi) is 4.99. The summed E-state index contributed by atoms with van der Waals surface area (Å²) in [6.07, 6.45) is 0.589. The molecule has 1 atom stereocenters. The first kappa shape index (κ1) is 17.1. The van der Waals surface area contributed by atoms with Crippen molar-refractivity contribution < 1.29 is 9.90 Å². The Bertz CT molecular complexity index is 744. The maximum atomic E-state index is 12.2. The normalized spacial score (nSPS) is 18.1. The van der Waals surface area contributed by atoms with Crippen LogP contribution in [0.4, 0.5) is 10.8 Å². The summed E-state index contributed by atoms with van der Waals surface area (Å²) >= 11 is 1.48. The second-order valence-electron chi connectivity index (χ2n) is 6.42. The average molecular weight is 345 g/mol. The third-order valence-corrected chi connectivity index (χ3v) is 5.30. The summed E-state index contributed by atoms with van der Waals surface area (Å²) in [7, 11) is 0. The number of carbonyl (C=O) groups excluding carboxylic acids is 1. The number of aliphatic hydroxyl groups is 1. The predicted molar refractivity (Wildman–Crippen MR) is 96.8 cm³/mol. The first-order valence-electron chi connectivity index (χ1n) is 8.17. The molecule has 1 aromatic carbocycles. The van der Waals surface area contributed by atoms with Crippen LogP contribution in [0.3, 0.4) is 0 Å². The molecule has 1 aliphatic heterocycles. The lowest BCUT2D eigenvalue weighted by Crippen LogP contribution is -2.23. The molecule has 1 N–H and O–H groups in total. The van der Waals surface area contributed by atoms with Gasteiger partial charge in [-0.15, -0.1) is 11.3 Å². The van der Waals surface area contributed by atoms with Gasteiger partial charge in [-0.1, -0.05) is 6.07 Å². The van der Waals surface area contributed by atoms with Crippen LogP contribution in [0.2, 0.25) is 0 Å². The number of aromatic nitrogens is 1. The van der Waals surface area contributed by atoms with Crippen molar-refractivity contribution in [3.05, 3.63) is 40.4 Å². The lowest BCUT2D eigenvalue weighted by molar-refractivity contribution is -0.115. The van der Waals surface area contributed by atoms with E-state index in [-0.39, 0.29) is 12.0 Å². The van der Waals surface area contributed by atoms with Gasteiger partial charge in [0.2, 0.25) is 5.91 Å². The van der Waals surface area contributed by atoms with Crippen LogP contribution < -0.4 is 4.90 Å². The summed E-state index contributed by atoms with van der Waals surface area (Å²) in [4.78, 5) is 20.7. The van der Waals surface area contributed by atoms with Crippen LogP contribution in [0.5, 0.6) is 0 Å². The number of anilines is 2. The molecule has 1 fully saturated rings. The molecule has 0 aliphatic carbocycles. The number of hydrogen-bond acceptors (Lipinski definition) is 5. The predicted octanol–water partition coefficient (Wildman–Crippen LogP) is 3.01. The van der Waals surface area contributed by atoms with Crippen molar-refractivity contribution in [2.24, 2.45) is 0 Å². The van der Waals surface area contributed by atoms with E-state index in [0.29, 0.717) is 18.2 Å². The fraction of sp³-hybridized carbons (Fsp3) is 0.444. The Morgan fingerprint density at radius 1 is 1.42 bits per heavy atom. The second kappa shape index (κ2) is 7.01. The molecule has 1 unspecified atom stereocenters. The highest BCUT2D eigenvalue weighted by Crippen LogP contribution is 2.30.